The Balaban J connectivity index is 2.73. The summed E-state index contributed by atoms with van der Waals surface area (Å²) < 4.78 is 7.06. The molecule has 5 heteroatoms. The second kappa shape index (κ2) is 3.72. The molecule has 16 heavy (non-hydrogen) atoms. The Bertz CT molecular complexity index is 541. The second-order valence-corrected chi connectivity index (χ2v) is 3.90. The molecule has 0 saturated carbocycles. The van der Waals surface area contributed by atoms with Crippen LogP contribution < -0.4 is 5.73 Å². The standard InChI is InChI=1S/C11H11ClN2O2/c1-6-8(11(13)15)9(12)10(14(6)2)7-4-3-5-16-7/h3-5H,1-2H3,(H2,13,15). The first kappa shape index (κ1) is 10.8. The number of nitrogens with two attached hydrogens (primary N) is 1. The fraction of sp³-hybridized carbons (Fsp3) is 0.182. The highest BCUT2D eigenvalue weighted by atomic mass is 35.5. The molecule has 0 aromatic carbocycles. The Labute approximate surface area is 97.6 Å². The first-order valence-electron chi connectivity index (χ1n) is 4.72. The summed E-state index contributed by atoms with van der Waals surface area (Å²) in [6.07, 6.45) is 1.55. The maximum Gasteiger partial charge on any atom is 0.252 e. The summed E-state index contributed by atoms with van der Waals surface area (Å²) in [5.74, 6) is 0.0824. The van der Waals surface area contributed by atoms with E-state index < -0.39 is 5.91 Å². The van der Waals surface area contributed by atoms with Gasteiger partial charge in [-0.2, -0.15) is 0 Å². The third kappa shape index (κ3) is 1.42. The molecule has 84 valence electrons. The van der Waals surface area contributed by atoms with Crippen molar-refractivity contribution < 1.29 is 9.21 Å². The number of nitrogens with zero attached hydrogens (tertiary/aromatic N) is 1. The van der Waals surface area contributed by atoms with E-state index in [1.807, 2.05) is 7.05 Å². The van der Waals surface area contributed by atoms with Gasteiger partial charge in [0.2, 0.25) is 0 Å². The zero-order chi connectivity index (χ0) is 11.9. The second-order valence-electron chi connectivity index (χ2n) is 3.52. The van der Waals surface area contributed by atoms with E-state index in [0.717, 1.165) is 5.69 Å². The van der Waals surface area contributed by atoms with Crippen LogP contribution in [0.2, 0.25) is 5.02 Å². The van der Waals surface area contributed by atoms with Gasteiger partial charge in [-0.3, -0.25) is 4.79 Å². The molecule has 0 aliphatic carbocycles. The van der Waals surface area contributed by atoms with E-state index >= 15 is 0 Å². The number of halogens is 1. The van der Waals surface area contributed by atoms with Gasteiger partial charge in [-0.1, -0.05) is 11.6 Å². The molecule has 0 fully saturated rings. The van der Waals surface area contributed by atoms with Gasteiger partial charge in [0.1, 0.15) is 5.69 Å². The number of primary amides is 1. The Morgan fingerprint density at radius 1 is 1.56 bits per heavy atom. The summed E-state index contributed by atoms with van der Waals surface area (Å²) in [4.78, 5) is 11.3. The van der Waals surface area contributed by atoms with Crippen molar-refractivity contribution in [2.24, 2.45) is 12.8 Å². The van der Waals surface area contributed by atoms with E-state index in [1.165, 1.54) is 0 Å². The van der Waals surface area contributed by atoms with Crippen LogP contribution in [0.1, 0.15) is 16.1 Å². The molecular formula is C11H11ClN2O2. The number of hydrogen-bond donors (Lipinski definition) is 1. The third-order valence-electron chi connectivity index (χ3n) is 2.63. The van der Waals surface area contributed by atoms with E-state index in [-0.39, 0.29) is 0 Å². The topological polar surface area (TPSA) is 61.2 Å². The Morgan fingerprint density at radius 2 is 2.25 bits per heavy atom. The summed E-state index contributed by atoms with van der Waals surface area (Å²) in [6, 6.07) is 3.55. The summed E-state index contributed by atoms with van der Waals surface area (Å²) in [5, 5.41) is 0.336. The van der Waals surface area contributed by atoms with Crippen molar-refractivity contribution in [2.75, 3.05) is 0 Å². The van der Waals surface area contributed by atoms with Crippen LogP contribution in [-0.2, 0) is 7.05 Å². The highest BCUT2D eigenvalue weighted by Crippen LogP contribution is 2.34. The van der Waals surface area contributed by atoms with Crippen LogP contribution in [0.15, 0.2) is 22.8 Å². The van der Waals surface area contributed by atoms with Gasteiger partial charge >= 0.3 is 0 Å². The van der Waals surface area contributed by atoms with Crippen molar-refractivity contribution in [2.45, 2.75) is 6.92 Å². The van der Waals surface area contributed by atoms with Gasteiger partial charge < -0.3 is 14.7 Å². The van der Waals surface area contributed by atoms with Crippen LogP contribution in [-0.4, -0.2) is 10.5 Å². The fourth-order valence-electron chi connectivity index (χ4n) is 1.73. The molecule has 0 aliphatic heterocycles. The van der Waals surface area contributed by atoms with Gasteiger partial charge in [0, 0.05) is 12.7 Å². The molecular weight excluding hydrogens is 228 g/mol. The van der Waals surface area contributed by atoms with Crippen LogP contribution >= 0.6 is 11.6 Å². The van der Waals surface area contributed by atoms with Crippen LogP contribution in [0.4, 0.5) is 0 Å². The first-order valence-corrected chi connectivity index (χ1v) is 5.10. The fourth-order valence-corrected chi connectivity index (χ4v) is 2.18. The summed E-state index contributed by atoms with van der Waals surface area (Å²) in [5.41, 5.74) is 7.02. The SMILES string of the molecule is Cc1c(C(N)=O)c(Cl)c(-c2ccco2)n1C. The van der Waals surface area contributed by atoms with Crippen molar-refractivity contribution in [3.63, 3.8) is 0 Å². The maximum atomic E-state index is 11.3. The van der Waals surface area contributed by atoms with Gasteiger partial charge in [0.15, 0.2) is 5.76 Å². The summed E-state index contributed by atoms with van der Waals surface area (Å²) >= 11 is 6.14. The number of rotatable bonds is 2. The number of carbonyl (C=O) groups is 1. The Hall–Kier alpha value is -1.68. The van der Waals surface area contributed by atoms with Crippen molar-refractivity contribution in [1.29, 1.82) is 0 Å². The smallest absolute Gasteiger partial charge is 0.252 e. The maximum absolute atomic E-state index is 11.3. The minimum absolute atomic E-state index is 0.336. The van der Waals surface area contributed by atoms with Crippen LogP contribution in [0.3, 0.4) is 0 Å². The molecule has 1 amide bonds. The minimum Gasteiger partial charge on any atom is -0.463 e. The molecule has 2 N–H and O–H groups in total. The Morgan fingerprint density at radius 3 is 2.69 bits per heavy atom. The highest BCUT2D eigenvalue weighted by molar-refractivity contribution is 6.36. The van der Waals surface area contributed by atoms with Crippen LogP contribution in [0.25, 0.3) is 11.5 Å². The predicted octanol–water partition coefficient (Wildman–Crippen LogP) is 2.35. The summed E-state index contributed by atoms with van der Waals surface area (Å²) in [7, 11) is 1.81. The molecule has 0 aliphatic rings. The molecule has 4 nitrogen and oxygen atoms in total. The molecule has 0 spiro atoms. The molecule has 0 radical (unpaired) electrons. The normalized spacial score (nSPS) is 10.7. The van der Waals surface area contributed by atoms with Gasteiger partial charge in [-0.05, 0) is 19.1 Å². The van der Waals surface area contributed by atoms with E-state index in [9.17, 15) is 4.79 Å². The van der Waals surface area contributed by atoms with E-state index in [4.69, 9.17) is 21.8 Å². The molecule has 2 rings (SSSR count). The molecule has 0 unspecified atom stereocenters. The molecule has 0 atom stereocenters. The molecule has 2 aromatic heterocycles. The van der Waals surface area contributed by atoms with Crippen LogP contribution in [0.5, 0.6) is 0 Å². The monoisotopic (exact) mass is 238 g/mol. The average Bonchev–Trinajstić information content (AvgIpc) is 2.76. The number of aromatic nitrogens is 1. The Kier molecular flexibility index (Phi) is 2.52. The predicted molar refractivity (Wildman–Crippen MR) is 61.4 cm³/mol. The molecule has 2 heterocycles. The third-order valence-corrected chi connectivity index (χ3v) is 3.00. The van der Waals surface area contributed by atoms with Gasteiger partial charge in [-0.25, -0.2) is 0 Å². The minimum atomic E-state index is -0.532. The lowest BCUT2D eigenvalue weighted by molar-refractivity contribution is 0.1000. The zero-order valence-corrected chi connectivity index (χ0v) is 9.71. The lowest BCUT2D eigenvalue weighted by Gasteiger charge is -2.01. The number of carbonyl (C=O) groups excluding carboxylic acids is 1. The quantitative estimate of drug-likeness (QED) is 0.873. The lowest BCUT2D eigenvalue weighted by atomic mass is 10.2. The number of furan rings is 1. The van der Waals surface area contributed by atoms with Crippen LogP contribution in [0, 0.1) is 6.92 Å². The first-order chi connectivity index (χ1) is 7.54. The van der Waals surface area contributed by atoms with Crippen molar-refractivity contribution >= 4 is 17.5 Å². The highest BCUT2D eigenvalue weighted by Gasteiger charge is 2.22. The summed E-state index contributed by atoms with van der Waals surface area (Å²) in [6.45, 7) is 1.79. The van der Waals surface area contributed by atoms with Gasteiger partial charge in [0.25, 0.3) is 5.91 Å². The van der Waals surface area contributed by atoms with Crippen molar-refractivity contribution in [3.05, 3.63) is 34.7 Å². The van der Waals surface area contributed by atoms with E-state index in [0.29, 0.717) is 22.0 Å². The molecule has 0 saturated heterocycles. The number of hydrogen-bond acceptors (Lipinski definition) is 2. The average molecular weight is 239 g/mol. The van der Waals surface area contributed by atoms with Crippen molar-refractivity contribution in [1.82, 2.24) is 4.57 Å². The molecule has 0 bridgehead atoms. The largest absolute Gasteiger partial charge is 0.463 e. The number of amides is 1. The van der Waals surface area contributed by atoms with E-state index in [1.54, 1.807) is 29.9 Å². The molecule has 2 aromatic rings. The van der Waals surface area contributed by atoms with Gasteiger partial charge in [-0.15, -0.1) is 0 Å². The zero-order valence-electron chi connectivity index (χ0n) is 8.95. The van der Waals surface area contributed by atoms with Crippen molar-refractivity contribution in [3.8, 4) is 11.5 Å². The van der Waals surface area contributed by atoms with Gasteiger partial charge in [0.05, 0.1) is 16.8 Å². The van der Waals surface area contributed by atoms with E-state index in [2.05, 4.69) is 0 Å². The lowest BCUT2D eigenvalue weighted by Crippen LogP contribution is -2.12.